The molecule has 1 fully saturated rings. The second-order valence-corrected chi connectivity index (χ2v) is 7.31. The van der Waals surface area contributed by atoms with Crippen LogP contribution >= 0.6 is 0 Å². The molecular formula is C19H26N8O2. The minimum absolute atomic E-state index is 0.342. The number of anilines is 3. The summed E-state index contributed by atoms with van der Waals surface area (Å²) < 4.78 is 10.7. The van der Waals surface area contributed by atoms with Crippen molar-refractivity contribution in [1.29, 1.82) is 0 Å². The molecule has 0 saturated carbocycles. The van der Waals surface area contributed by atoms with Gasteiger partial charge >= 0.3 is 0 Å². The fourth-order valence-electron chi connectivity index (χ4n) is 3.61. The van der Waals surface area contributed by atoms with E-state index in [1.807, 2.05) is 31.1 Å². The predicted octanol–water partition coefficient (Wildman–Crippen LogP) is 1.80. The van der Waals surface area contributed by atoms with Crippen LogP contribution in [0, 0.1) is 0 Å². The van der Waals surface area contributed by atoms with Crippen LogP contribution in [-0.2, 0) is 0 Å². The molecule has 0 unspecified atom stereocenters. The molecule has 10 nitrogen and oxygen atoms in total. The molecular weight excluding hydrogens is 372 g/mol. The Hall–Kier alpha value is -3.30. The fraction of sp³-hybridized carbons (Fsp3) is 0.474. The molecule has 0 atom stereocenters. The SMILES string of the molecule is COc1cc2nc(N3CCC(c4nc(N(C)C)n[nH]4)CC3)nc(N)c2cc1OC. The largest absolute Gasteiger partial charge is 0.493 e. The minimum Gasteiger partial charge on any atom is -0.493 e. The van der Waals surface area contributed by atoms with Crippen LogP contribution in [0.2, 0.25) is 0 Å². The first-order valence-electron chi connectivity index (χ1n) is 9.54. The van der Waals surface area contributed by atoms with Gasteiger partial charge in [0.15, 0.2) is 11.5 Å². The first kappa shape index (κ1) is 19.0. The molecule has 0 spiro atoms. The number of nitrogens with zero attached hydrogens (tertiary/aromatic N) is 6. The fourth-order valence-corrected chi connectivity index (χ4v) is 3.61. The summed E-state index contributed by atoms with van der Waals surface area (Å²) in [6.45, 7) is 1.64. The van der Waals surface area contributed by atoms with E-state index in [2.05, 4.69) is 25.1 Å². The number of hydrogen-bond acceptors (Lipinski definition) is 9. The summed E-state index contributed by atoms with van der Waals surface area (Å²) in [5, 5.41) is 8.08. The monoisotopic (exact) mass is 398 g/mol. The Balaban J connectivity index is 1.54. The number of fused-ring (bicyclic) bond motifs is 1. The number of aromatic nitrogens is 5. The van der Waals surface area contributed by atoms with Crippen LogP contribution in [0.3, 0.4) is 0 Å². The normalized spacial score (nSPS) is 15.0. The Bertz CT molecular complexity index is 1010. The van der Waals surface area contributed by atoms with Crippen LogP contribution in [0.4, 0.5) is 17.7 Å². The molecule has 3 heterocycles. The van der Waals surface area contributed by atoms with Crippen LogP contribution in [0.25, 0.3) is 10.9 Å². The van der Waals surface area contributed by atoms with Crippen molar-refractivity contribution in [2.24, 2.45) is 0 Å². The Labute approximate surface area is 169 Å². The number of methoxy groups -OCH3 is 2. The van der Waals surface area contributed by atoms with E-state index in [0.29, 0.717) is 35.1 Å². The van der Waals surface area contributed by atoms with Gasteiger partial charge in [-0.3, -0.25) is 5.10 Å². The van der Waals surface area contributed by atoms with Crippen molar-refractivity contribution in [3.05, 3.63) is 18.0 Å². The zero-order valence-electron chi connectivity index (χ0n) is 17.1. The molecule has 0 aliphatic carbocycles. The van der Waals surface area contributed by atoms with Crippen molar-refractivity contribution in [2.75, 3.05) is 56.9 Å². The third-order valence-electron chi connectivity index (χ3n) is 5.27. The molecule has 0 amide bonds. The van der Waals surface area contributed by atoms with Crippen LogP contribution in [-0.4, -0.2) is 66.6 Å². The molecule has 10 heteroatoms. The lowest BCUT2D eigenvalue weighted by molar-refractivity contribution is 0.356. The molecule has 1 aromatic carbocycles. The maximum absolute atomic E-state index is 6.23. The molecule has 0 bridgehead atoms. The van der Waals surface area contributed by atoms with Crippen LogP contribution < -0.4 is 25.0 Å². The molecule has 4 rings (SSSR count). The van der Waals surface area contributed by atoms with E-state index in [1.54, 1.807) is 14.2 Å². The van der Waals surface area contributed by atoms with E-state index in [9.17, 15) is 0 Å². The third-order valence-corrected chi connectivity index (χ3v) is 5.27. The lowest BCUT2D eigenvalue weighted by Crippen LogP contribution is -2.34. The highest BCUT2D eigenvalue weighted by atomic mass is 16.5. The van der Waals surface area contributed by atoms with Gasteiger partial charge in [-0.15, -0.1) is 5.10 Å². The summed E-state index contributed by atoms with van der Waals surface area (Å²) >= 11 is 0. The van der Waals surface area contributed by atoms with Crippen molar-refractivity contribution in [3.8, 4) is 11.5 Å². The maximum Gasteiger partial charge on any atom is 0.244 e. The molecule has 0 radical (unpaired) electrons. The number of hydrogen-bond donors (Lipinski definition) is 2. The molecule has 2 aromatic heterocycles. The van der Waals surface area contributed by atoms with Gasteiger partial charge < -0.3 is 25.0 Å². The summed E-state index contributed by atoms with van der Waals surface area (Å²) in [4.78, 5) is 17.9. The molecule has 1 aliphatic heterocycles. The van der Waals surface area contributed by atoms with Gasteiger partial charge in [0.05, 0.1) is 19.7 Å². The number of nitrogens with two attached hydrogens (primary N) is 1. The van der Waals surface area contributed by atoms with E-state index < -0.39 is 0 Å². The average molecular weight is 398 g/mol. The van der Waals surface area contributed by atoms with Gasteiger partial charge in [-0.1, -0.05) is 0 Å². The lowest BCUT2D eigenvalue weighted by atomic mass is 9.96. The summed E-state index contributed by atoms with van der Waals surface area (Å²) in [7, 11) is 7.06. The standard InChI is InChI=1S/C19H26N8O2/c1-26(2)19-23-17(24-25-19)11-5-7-27(8-6-11)18-21-13-10-15(29-4)14(28-3)9-12(13)16(20)22-18/h9-11H,5-8H2,1-4H3,(H2,20,21,22)(H,23,24,25). The maximum atomic E-state index is 6.23. The summed E-state index contributed by atoms with van der Waals surface area (Å²) in [5.74, 6) is 4.26. The van der Waals surface area contributed by atoms with Crippen LogP contribution in [0.1, 0.15) is 24.6 Å². The van der Waals surface area contributed by atoms with Gasteiger partial charge in [-0.2, -0.15) is 9.97 Å². The van der Waals surface area contributed by atoms with Crippen LogP contribution in [0.5, 0.6) is 11.5 Å². The van der Waals surface area contributed by atoms with Gasteiger partial charge in [0.1, 0.15) is 11.6 Å². The number of nitrogen functional groups attached to an aromatic ring is 1. The third kappa shape index (κ3) is 3.57. The number of benzene rings is 1. The average Bonchev–Trinajstić information content (AvgIpc) is 3.23. The van der Waals surface area contributed by atoms with Gasteiger partial charge in [0.25, 0.3) is 0 Å². The number of H-pyrrole nitrogens is 1. The van der Waals surface area contributed by atoms with Crippen LogP contribution in [0.15, 0.2) is 12.1 Å². The van der Waals surface area contributed by atoms with E-state index in [-0.39, 0.29) is 0 Å². The molecule has 29 heavy (non-hydrogen) atoms. The minimum atomic E-state index is 0.342. The van der Waals surface area contributed by atoms with Gasteiger partial charge in [-0.25, -0.2) is 4.98 Å². The van der Waals surface area contributed by atoms with Crippen molar-refractivity contribution in [1.82, 2.24) is 25.1 Å². The Morgan fingerprint density at radius 3 is 2.38 bits per heavy atom. The zero-order valence-corrected chi connectivity index (χ0v) is 17.1. The Kier molecular flexibility index (Phi) is 4.99. The predicted molar refractivity (Wildman–Crippen MR) is 112 cm³/mol. The summed E-state index contributed by atoms with van der Waals surface area (Å²) in [6, 6.07) is 3.64. The zero-order chi connectivity index (χ0) is 20.5. The Morgan fingerprint density at radius 1 is 1.07 bits per heavy atom. The highest BCUT2D eigenvalue weighted by Crippen LogP contribution is 2.35. The molecule has 1 saturated heterocycles. The van der Waals surface area contributed by atoms with Crippen molar-refractivity contribution in [3.63, 3.8) is 0 Å². The highest BCUT2D eigenvalue weighted by molar-refractivity contribution is 5.91. The number of aromatic amines is 1. The van der Waals surface area contributed by atoms with E-state index in [0.717, 1.165) is 42.7 Å². The molecule has 154 valence electrons. The summed E-state index contributed by atoms with van der Waals surface area (Å²) in [6.07, 6.45) is 1.88. The first-order valence-corrected chi connectivity index (χ1v) is 9.54. The van der Waals surface area contributed by atoms with E-state index in [4.69, 9.17) is 20.2 Å². The van der Waals surface area contributed by atoms with E-state index in [1.165, 1.54) is 0 Å². The van der Waals surface area contributed by atoms with E-state index >= 15 is 0 Å². The molecule has 1 aliphatic rings. The number of piperidine rings is 1. The number of rotatable bonds is 5. The second-order valence-electron chi connectivity index (χ2n) is 7.31. The number of nitrogens with one attached hydrogen (secondary N) is 1. The smallest absolute Gasteiger partial charge is 0.244 e. The van der Waals surface area contributed by atoms with Crippen molar-refractivity contribution in [2.45, 2.75) is 18.8 Å². The molecule has 3 aromatic rings. The Morgan fingerprint density at radius 2 is 1.76 bits per heavy atom. The van der Waals surface area contributed by atoms with Gasteiger partial charge in [0.2, 0.25) is 11.9 Å². The van der Waals surface area contributed by atoms with Gasteiger partial charge in [-0.05, 0) is 18.9 Å². The highest BCUT2D eigenvalue weighted by Gasteiger charge is 2.25. The molecule has 3 N–H and O–H groups in total. The van der Waals surface area contributed by atoms with Gasteiger partial charge in [0, 0.05) is 44.6 Å². The quantitative estimate of drug-likeness (QED) is 0.663. The topological polar surface area (TPSA) is 118 Å². The number of ether oxygens (including phenoxy) is 2. The lowest BCUT2D eigenvalue weighted by Gasteiger charge is -2.31. The summed E-state index contributed by atoms with van der Waals surface area (Å²) in [5.41, 5.74) is 6.96. The van der Waals surface area contributed by atoms with Crippen molar-refractivity contribution < 1.29 is 9.47 Å². The second kappa shape index (κ2) is 7.61. The van der Waals surface area contributed by atoms with Crippen molar-refractivity contribution >= 4 is 28.6 Å². The first-order chi connectivity index (χ1) is 14.0.